The zero-order valence-corrected chi connectivity index (χ0v) is 13.3. The molecule has 0 radical (unpaired) electrons. The maximum absolute atomic E-state index is 12.0. The minimum atomic E-state index is -0.0745. The molecule has 1 aromatic rings. The van der Waals surface area contributed by atoms with E-state index < -0.39 is 0 Å². The summed E-state index contributed by atoms with van der Waals surface area (Å²) in [5, 5.41) is 2.96. The molecule has 1 saturated heterocycles. The molecule has 0 bridgehead atoms. The Balaban J connectivity index is 1.69. The van der Waals surface area contributed by atoms with Crippen LogP contribution in [0.5, 0.6) is 0 Å². The van der Waals surface area contributed by atoms with Crippen molar-refractivity contribution in [2.24, 2.45) is 5.92 Å². The van der Waals surface area contributed by atoms with Crippen molar-refractivity contribution in [2.75, 3.05) is 19.6 Å². The van der Waals surface area contributed by atoms with Crippen LogP contribution in [0.3, 0.4) is 0 Å². The summed E-state index contributed by atoms with van der Waals surface area (Å²) in [6.07, 6.45) is 7.85. The normalized spacial score (nSPS) is 15.6. The molecule has 1 aliphatic heterocycles. The second-order valence-corrected chi connectivity index (χ2v) is 5.88. The number of rotatable bonds is 6. The first-order valence-electron chi connectivity index (χ1n) is 8.16. The molecular formula is C17H25N3O2. The summed E-state index contributed by atoms with van der Waals surface area (Å²) in [5.41, 5.74) is 0.592. The van der Waals surface area contributed by atoms with Crippen molar-refractivity contribution in [1.29, 1.82) is 0 Å². The van der Waals surface area contributed by atoms with Gasteiger partial charge in [-0.1, -0.05) is 13.3 Å². The first-order chi connectivity index (χ1) is 10.7. The van der Waals surface area contributed by atoms with Gasteiger partial charge in [-0.15, -0.1) is 0 Å². The van der Waals surface area contributed by atoms with E-state index >= 15 is 0 Å². The average molecular weight is 303 g/mol. The second kappa shape index (κ2) is 8.51. The number of piperidine rings is 1. The number of hydrogen-bond acceptors (Lipinski definition) is 3. The van der Waals surface area contributed by atoms with E-state index in [0.717, 1.165) is 38.8 Å². The van der Waals surface area contributed by atoms with Gasteiger partial charge in [0.25, 0.3) is 5.91 Å². The van der Waals surface area contributed by atoms with Crippen molar-refractivity contribution in [1.82, 2.24) is 15.2 Å². The zero-order valence-electron chi connectivity index (χ0n) is 13.3. The third kappa shape index (κ3) is 4.83. The van der Waals surface area contributed by atoms with Crippen LogP contribution in [0.25, 0.3) is 0 Å². The third-order valence-electron chi connectivity index (χ3n) is 4.19. The van der Waals surface area contributed by atoms with Crippen molar-refractivity contribution in [3.63, 3.8) is 0 Å². The number of likely N-dealkylation sites (tertiary alicyclic amines) is 1. The number of pyridine rings is 1. The molecule has 1 aromatic heterocycles. The largest absolute Gasteiger partial charge is 0.352 e. The second-order valence-electron chi connectivity index (χ2n) is 5.88. The highest BCUT2D eigenvalue weighted by Crippen LogP contribution is 2.17. The molecule has 5 heteroatoms. The van der Waals surface area contributed by atoms with Crippen molar-refractivity contribution < 1.29 is 9.59 Å². The number of carbonyl (C=O) groups excluding carboxylic acids is 2. The number of aromatic nitrogens is 1. The summed E-state index contributed by atoms with van der Waals surface area (Å²) in [6.45, 7) is 4.40. The summed E-state index contributed by atoms with van der Waals surface area (Å²) < 4.78 is 0. The van der Waals surface area contributed by atoms with Gasteiger partial charge in [-0.25, -0.2) is 0 Å². The van der Waals surface area contributed by atoms with Crippen molar-refractivity contribution in [3.8, 4) is 0 Å². The van der Waals surface area contributed by atoms with Gasteiger partial charge in [0.1, 0.15) is 0 Å². The lowest BCUT2D eigenvalue weighted by Crippen LogP contribution is -2.41. The van der Waals surface area contributed by atoms with Crippen LogP contribution < -0.4 is 5.32 Å². The lowest BCUT2D eigenvalue weighted by atomic mass is 9.96. The Morgan fingerprint density at radius 2 is 2.14 bits per heavy atom. The van der Waals surface area contributed by atoms with E-state index in [9.17, 15) is 9.59 Å². The molecule has 0 aliphatic carbocycles. The summed E-state index contributed by atoms with van der Waals surface area (Å²) in [5.74, 6) is 0.657. The van der Waals surface area contributed by atoms with E-state index in [4.69, 9.17) is 0 Å². The predicted octanol–water partition coefficient (Wildman–Crippen LogP) is 2.24. The maximum atomic E-state index is 12.0. The highest BCUT2D eigenvalue weighted by Gasteiger charge is 2.22. The van der Waals surface area contributed by atoms with Gasteiger partial charge >= 0.3 is 0 Å². The van der Waals surface area contributed by atoms with Crippen LogP contribution in [-0.4, -0.2) is 41.3 Å². The topological polar surface area (TPSA) is 62.3 Å². The molecule has 2 rings (SSSR count). The molecule has 2 amide bonds. The summed E-state index contributed by atoms with van der Waals surface area (Å²) in [4.78, 5) is 29.8. The molecule has 0 unspecified atom stereocenters. The quantitative estimate of drug-likeness (QED) is 0.876. The predicted molar refractivity (Wildman–Crippen MR) is 85.4 cm³/mol. The fraction of sp³-hybridized carbons (Fsp3) is 0.588. The minimum Gasteiger partial charge on any atom is -0.352 e. The van der Waals surface area contributed by atoms with Gasteiger partial charge in [0, 0.05) is 38.4 Å². The fourth-order valence-electron chi connectivity index (χ4n) is 2.71. The van der Waals surface area contributed by atoms with Crippen molar-refractivity contribution >= 4 is 11.8 Å². The molecule has 22 heavy (non-hydrogen) atoms. The van der Waals surface area contributed by atoms with Crippen molar-refractivity contribution in [3.05, 3.63) is 30.1 Å². The van der Waals surface area contributed by atoms with E-state index in [1.165, 1.54) is 0 Å². The standard InChI is InChI=1S/C17H25N3O2/c1-2-3-6-16(21)20-10-7-14(8-11-20)12-19-17(22)15-5-4-9-18-13-15/h4-5,9,13-14H,2-3,6-8,10-12H2,1H3,(H,19,22). The molecule has 0 atom stereocenters. The fourth-order valence-corrected chi connectivity index (χ4v) is 2.71. The van der Waals surface area contributed by atoms with Gasteiger partial charge in [-0.3, -0.25) is 14.6 Å². The Morgan fingerprint density at radius 1 is 1.36 bits per heavy atom. The van der Waals surface area contributed by atoms with Crippen LogP contribution in [0.4, 0.5) is 0 Å². The molecule has 0 aromatic carbocycles. The van der Waals surface area contributed by atoms with Gasteiger partial charge in [0.15, 0.2) is 0 Å². The average Bonchev–Trinajstić information content (AvgIpc) is 2.58. The first kappa shape index (κ1) is 16.5. The molecule has 0 saturated carbocycles. The number of unbranched alkanes of at least 4 members (excludes halogenated alkanes) is 1. The smallest absolute Gasteiger partial charge is 0.252 e. The highest BCUT2D eigenvalue weighted by molar-refractivity contribution is 5.93. The highest BCUT2D eigenvalue weighted by atomic mass is 16.2. The minimum absolute atomic E-state index is 0.0745. The molecule has 0 spiro atoms. The molecular weight excluding hydrogens is 278 g/mol. The van der Waals surface area contributed by atoms with Crippen LogP contribution in [0.2, 0.25) is 0 Å². The van der Waals surface area contributed by atoms with Crippen LogP contribution in [0.1, 0.15) is 49.4 Å². The van der Waals surface area contributed by atoms with E-state index in [1.807, 2.05) is 4.90 Å². The molecule has 5 nitrogen and oxygen atoms in total. The summed E-state index contributed by atoms with van der Waals surface area (Å²) in [6, 6.07) is 3.52. The van der Waals surface area contributed by atoms with E-state index in [0.29, 0.717) is 24.4 Å². The lowest BCUT2D eigenvalue weighted by molar-refractivity contribution is -0.132. The van der Waals surface area contributed by atoms with Gasteiger partial charge in [0.05, 0.1) is 5.56 Å². The molecule has 1 N–H and O–H groups in total. The van der Waals surface area contributed by atoms with Gasteiger partial charge < -0.3 is 10.2 Å². The first-order valence-corrected chi connectivity index (χ1v) is 8.16. The molecule has 1 fully saturated rings. The number of hydrogen-bond donors (Lipinski definition) is 1. The summed E-state index contributed by atoms with van der Waals surface area (Å²) >= 11 is 0. The Hall–Kier alpha value is -1.91. The van der Waals surface area contributed by atoms with Crippen LogP contribution in [0, 0.1) is 5.92 Å². The number of amides is 2. The van der Waals surface area contributed by atoms with Gasteiger partial charge in [-0.05, 0) is 37.3 Å². The Labute approximate surface area is 132 Å². The Bertz CT molecular complexity index is 482. The number of nitrogens with zero attached hydrogens (tertiary/aromatic N) is 2. The van der Waals surface area contributed by atoms with Crippen LogP contribution in [-0.2, 0) is 4.79 Å². The van der Waals surface area contributed by atoms with E-state index in [-0.39, 0.29) is 11.8 Å². The monoisotopic (exact) mass is 303 g/mol. The van der Waals surface area contributed by atoms with Gasteiger partial charge in [0.2, 0.25) is 5.91 Å². The summed E-state index contributed by atoms with van der Waals surface area (Å²) in [7, 11) is 0. The number of carbonyl (C=O) groups is 2. The lowest BCUT2D eigenvalue weighted by Gasteiger charge is -2.32. The maximum Gasteiger partial charge on any atom is 0.252 e. The van der Waals surface area contributed by atoms with Crippen LogP contribution in [0.15, 0.2) is 24.5 Å². The molecule has 1 aliphatic rings. The van der Waals surface area contributed by atoms with E-state index in [1.54, 1.807) is 24.5 Å². The molecule has 2 heterocycles. The molecule has 120 valence electrons. The Morgan fingerprint density at radius 3 is 2.77 bits per heavy atom. The Kier molecular flexibility index (Phi) is 6.37. The SMILES string of the molecule is CCCCC(=O)N1CCC(CNC(=O)c2cccnc2)CC1. The number of nitrogens with one attached hydrogen (secondary N) is 1. The third-order valence-corrected chi connectivity index (χ3v) is 4.19. The van der Waals surface area contributed by atoms with Gasteiger partial charge in [-0.2, -0.15) is 0 Å². The van der Waals surface area contributed by atoms with E-state index in [2.05, 4.69) is 17.2 Å². The zero-order chi connectivity index (χ0) is 15.8. The van der Waals surface area contributed by atoms with Crippen LogP contribution >= 0.6 is 0 Å². The van der Waals surface area contributed by atoms with Crippen molar-refractivity contribution in [2.45, 2.75) is 39.0 Å².